The normalized spacial score (nSPS) is 18.2. The largest absolute Gasteiger partial charge is 0.497 e. The lowest BCUT2D eigenvalue weighted by Gasteiger charge is -2.15. The zero-order chi connectivity index (χ0) is 20.8. The SMILES string of the molecule is COc1ccc(C2CC(C(=O)NCc3ccc(OC)c(OC)c3)NN2)c(OC)c1. The minimum absolute atomic E-state index is 0.0484. The number of amides is 1. The van der Waals surface area contributed by atoms with Crippen LogP contribution >= 0.6 is 0 Å². The number of hydrogen-bond acceptors (Lipinski definition) is 7. The summed E-state index contributed by atoms with van der Waals surface area (Å²) >= 11 is 0. The standard InChI is InChI=1S/C21H27N3O5/c1-26-14-6-7-15(19(10-14)28-3)16-11-17(24-23-16)21(25)22-12-13-5-8-18(27-2)20(9-13)29-4/h5-10,16-17,23-24H,11-12H2,1-4H3,(H,22,25). The van der Waals surface area contributed by atoms with Gasteiger partial charge in [0.25, 0.3) is 0 Å². The van der Waals surface area contributed by atoms with Crippen molar-refractivity contribution in [1.29, 1.82) is 0 Å². The molecular formula is C21H27N3O5. The molecule has 1 saturated heterocycles. The molecule has 1 aliphatic rings. The fraction of sp³-hybridized carbons (Fsp3) is 0.381. The highest BCUT2D eigenvalue weighted by atomic mass is 16.5. The van der Waals surface area contributed by atoms with Gasteiger partial charge < -0.3 is 24.3 Å². The highest BCUT2D eigenvalue weighted by molar-refractivity contribution is 5.82. The summed E-state index contributed by atoms with van der Waals surface area (Å²) in [5.41, 5.74) is 8.14. The molecule has 0 spiro atoms. The van der Waals surface area contributed by atoms with Gasteiger partial charge in [-0.3, -0.25) is 4.79 Å². The number of nitrogens with one attached hydrogen (secondary N) is 3. The van der Waals surface area contributed by atoms with E-state index in [2.05, 4.69) is 16.2 Å². The van der Waals surface area contributed by atoms with Crippen LogP contribution in [0.25, 0.3) is 0 Å². The molecule has 0 radical (unpaired) electrons. The van der Waals surface area contributed by atoms with Crippen molar-refractivity contribution in [3.05, 3.63) is 47.5 Å². The van der Waals surface area contributed by atoms with Crippen LogP contribution in [0.4, 0.5) is 0 Å². The Morgan fingerprint density at radius 2 is 1.69 bits per heavy atom. The maximum absolute atomic E-state index is 12.6. The molecule has 0 bridgehead atoms. The van der Waals surface area contributed by atoms with Gasteiger partial charge >= 0.3 is 0 Å². The molecular weight excluding hydrogens is 374 g/mol. The Morgan fingerprint density at radius 1 is 0.931 bits per heavy atom. The Morgan fingerprint density at radius 3 is 2.38 bits per heavy atom. The van der Waals surface area contributed by atoms with E-state index in [1.807, 2.05) is 36.4 Å². The summed E-state index contributed by atoms with van der Waals surface area (Å²) in [5, 5.41) is 2.96. The van der Waals surface area contributed by atoms with E-state index in [0.717, 1.165) is 22.6 Å². The van der Waals surface area contributed by atoms with Crippen LogP contribution in [0.3, 0.4) is 0 Å². The monoisotopic (exact) mass is 401 g/mol. The second-order valence-electron chi connectivity index (χ2n) is 6.64. The quantitative estimate of drug-likeness (QED) is 0.623. The summed E-state index contributed by atoms with van der Waals surface area (Å²) in [7, 11) is 6.41. The molecule has 156 valence electrons. The van der Waals surface area contributed by atoms with Crippen LogP contribution < -0.4 is 35.1 Å². The zero-order valence-electron chi connectivity index (χ0n) is 17.1. The third-order valence-electron chi connectivity index (χ3n) is 4.95. The van der Waals surface area contributed by atoms with Gasteiger partial charge in [-0.25, -0.2) is 10.9 Å². The number of hydrazine groups is 1. The number of hydrogen-bond donors (Lipinski definition) is 3. The van der Waals surface area contributed by atoms with Gasteiger partial charge in [-0.2, -0.15) is 0 Å². The average Bonchev–Trinajstić information content (AvgIpc) is 3.26. The minimum Gasteiger partial charge on any atom is -0.497 e. The Kier molecular flexibility index (Phi) is 6.79. The molecule has 1 fully saturated rings. The first-order valence-corrected chi connectivity index (χ1v) is 9.31. The van der Waals surface area contributed by atoms with Crippen LogP contribution in [0.2, 0.25) is 0 Å². The van der Waals surface area contributed by atoms with Crippen LogP contribution in [0, 0.1) is 0 Å². The molecule has 8 nitrogen and oxygen atoms in total. The second kappa shape index (κ2) is 9.49. The molecule has 2 aromatic rings. The Balaban J connectivity index is 1.60. The highest BCUT2D eigenvalue weighted by Crippen LogP contribution is 2.33. The molecule has 2 unspecified atom stereocenters. The van der Waals surface area contributed by atoms with Crippen LogP contribution in [0.1, 0.15) is 23.6 Å². The third-order valence-corrected chi connectivity index (χ3v) is 4.95. The summed E-state index contributed by atoms with van der Waals surface area (Å²) in [6, 6.07) is 10.8. The van der Waals surface area contributed by atoms with Crippen LogP contribution in [0.15, 0.2) is 36.4 Å². The van der Waals surface area contributed by atoms with Crippen molar-refractivity contribution in [3.63, 3.8) is 0 Å². The van der Waals surface area contributed by atoms with Crippen LogP contribution in [-0.2, 0) is 11.3 Å². The van der Waals surface area contributed by atoms with Gasteiger partial charge in [-0.1, -0.05) is 12.1 Å². The number of rotatable bonds is 8. The van der Waals surface area contributed by atoms with E-state index in [-0.39, 0.29) is 18.0 Å². The maximum atomic E-state index is 12.6. The summed E-state index contributed by atoms with van der Waals surface area (Å²) in [6.07, 6.45) is 0.598. The fourth-order valence-electron chi connectivity index (χ4n) is 3.34. The number of benzene rings is 2. The summed E-state index contributed by atoms with van der Waals surface area (Å²) in [4.78, 5) is 12.6. The fourth-order valence-corrected chi connectivity index (χ4v) is 3.34. The van der Waals surface area contributed by atoms with E-state index >= 15 is 0 Å². The van der Waals surface area contributed by atoms with Crippen molar-refractivity contribution in [3.8, 4) is 23.0 Å². The number of carbonyl (C=O) groups is 1. The van der Waals surface area contributed by atoms with Crippen molar-refractivity contribution < 1.29 is 23.7 Å². The molecule has 1 aliphatic heterocycles. The van der Waals surface area contributed by atoms with E-state index in [1.54, 1.807) is 28.4 Å². The molecule has 0 aliphatic carbocycles. The van der Waals surface area contributed by atoms with E-state index in [9.17, 15) is 4.79 Å². The minimum atomic E-state index is -0.355. The van der Waals surface area contributed by atoms with Gasteiger partial charge in [0.05, 0.1) is 34.5 Å². The smallest absolute Gasteiger partial charge is 0.238 e. The highest BCUT2D eigenvalue weighted by Gasteiger charge is 2.31. The van der Waals surface area contributed by atoms with Gasteiger partial charge in [-0.05, 0) is 30.2 Å². The van der Waals surface area contributed by atoms with Crippen molar-refractivity contribution >= 4 is 5.91 Å². The molecule has 29 heavy (non-hydrogen) atoms. The lowest BCUT2D eigenvalue weighted by molar-refractivity contribution is -0.123. The van der Waals surface area contributed by atoms with Crippen LogP contribution in [-0.4, -0.2) is 40.4 Å². The Bertz CT molecular complexity index is 858. The first kappa shape index (κ1) is 20.8. The summed E-state index contributed by atoms with van der Waals surface area (Å²) < 4.78 is 21.3. The lowest BCUT2D eigenvalue weighted by atomic mass is 10.0. The van der Waals surface area contributed by atoms with E-state index in [4.69, 9.17) is 18.9 Å². The molecule has 0 aromatic heterocycles. The van der Waals surface area contributed by atoms with Gasteiger partial charge in [0.1, 0.15) is 17.5 Å². The number of methoxy groups -OCH3 is 4. The van der Waals surface area contributed by atoms with Gasteiger partial charge in [0.2, 0.25) is 5.91 Å². The topological polar surface area (TPSA) is 90.1 Å². The van der Waals surface area contributed by atoms with Crippen LogP contribution in [0.5, 0.6) is 23.0 Å². The van der Waals surface area contributed by atoms with Gasteiger partial charge in [0.15, 0.2) is 11.5 Å². The summed E-state index contributed by atoms with van der Waals surface area (Å²) in [6.45, 7) is 0.397. The van der Waals surface area contributed by atoms with Crippen molar-refractivity contribution in [2.75, 3.05) is 28.4 Å². The lowest BCUT2D eigenvalue weighted by Crippen LogP contribution is -2.42. The predicted octanol–water partition coefficient (Wildman–Crippen LogP) is 1.94. The molecule has 3 rings (SSSR count). The molecule has 1 amide bonds. The maximum Gasteiger partial charge on any atom is 0.238 e. The predicted molar refractivity (Wildman–Crippen MR) is 108 cm³/mol. The third kappa shape index (κ3) is 4.72. The molecule has 8 heteroatoms. The second-order valence-corrected chi connectivity index (χ2v) is 6.64. The van der Waals surface area contributed by atoms with E-state index < -0.39 is 0 Å². The molecule has 2 atom stereocenters. The molecule has 1 heterocycles. The first-order valence-electron chi connectivity index (χ1n) is 9.31. The van der Waals surface area contributed by atoms with Gasteiger partial charge in [-0.15, -0.1) is 0 Å². The first-order chi connectivity index (χ1) is 14.1. The Hall–Kier alpha value is -2.97. The summed E-state index contributed by atoms with van der Waals surface area (Å²) in [5.74, 6) is 2.64. The van der Waals surface area contributed by atoms with E-state index in [0.29, 0.717) is 24.5 Å². The molecule has 0 saturated carbocycles. The van der Waals surface area contributed by atoms with E-state index in [1.165, 1.54) is 0 Å². The number of ether oxygens (including phenoxy) is 4. The molecule has 2 aromatic carbocycles. The van der Waals surface area contributed by atoms with Crippen molar-refractivity contribution in [2.45, 2.75) is 25.0 Å². The van der Waals surface area contributed by atoms with Crippen molar-refractivity contribution in [2.24, 2.45) is 0 Å². The van der Waals surface area contributed by atoms with Gasteiger partial charge in [0, 0.05) is 18.2 Å². The zero-order valence-corrected chi connectivity index (χ0v) is 17.1. The number of carbonyl (C=O) groups excluding carboxylic acids is 1. The molecule has 3 N–H and O–H groups in total. The Labute approximate surface area is 170 Å². The van der Waals surface area contributed by atoms with Crippen molar-refractivity contribution in [1.82, 2.24) is 16.2 Å². The average molecular weight is 401 g/mol.